The average molecular weight is 382 g/mol. The molecule has 1 aromatic rings. The summed E-state index contributed by atoms with van der Waals surface area (Å²) < 4.78 is 38.2. The molecule has 8 heteroatoms. The first-order chi connectivity index (χ1) is 12.3. The zero-order valence-corrected chi connectivity index (χ0v) is 14.8. The summed E-state index contributed by atoms with van der Waals surface area (Å²) in [5, 5.41) is 2.66. The van der Waals surface area contributed by atoms with Crippen LogP contribution in [-0.2, 0) is 11.0 Å². The van der Waals surface area contributed by atoms with Gasteiger partial charge in [-0.3, -0.25) is 9.59 Å². The van der Waals surface area contributed by atoms with Gasteiger partial charge in [0, 0.05) is 25.6 Å². The Balaban J connectivity index is 1.55. The van der Waals surface area contributed by atoms with Crippen molar-refractivity contribution >= 4 is 23.5 Å². The van der Waals surface area contributed by atoms with Crippen molar-refractivity contribution in [2.45, 2.75) is 24.4 Å². The number of benzene rings is 1. The Hall–Kier alpha value is -2.22. The fourth-order valence-electron chi connectivity index (χ4n) is 2.86. The van der Waals surface area contributed by atoms with Crippen LogP contribution in [0.2, 0.25) is 0 Å². The van der Waals surface area contributed by atoms with E-state index in [9.17, 15) is 22.8 Å². The van der Waals surface area contributed by atoms with Gasteiger partial charge in [0.2, 0.25) is 0 Å². The molecule has 1 amide bonds. The number of hydrogen-bond acceptors (Lipinski definition) is 4. The molecule has 1 unspecified atom stereocenters. The van der Waals surface area contributed by atoms with Gasteiger partial charge in [0.1, 0.15) is 0 Å². The lowest BCUT2D eigenvalue weighted by Crippen LogP contribution is -2.31. The smallest absolute Gasteiger partial charge is 0.361 e. The van der Waals surface area contributed by atoms with E-state index in [1.807, 2.05) is 24.1 Å². The zero-order valence-electron chi connectivity index (χ0n) is 14.0. The maximum Gasteiger partial charge on any atom is 0.416 e. The number of alkyl halides is 3. The highest BCUT2D eigenvalue weighted by Crippen LogP contribution is 2.41. The van der Waals surface area contributed by atoms with Crippen LogP contribution >= 0.6 is 11.8 Å². The molecule has 3 rings (SSSR count). The average Bonchev–Trinajstić information content (AvgIpc) is 2.92. The van der Waals surface area contributed by atoms with E-state index in [4.69, 9.17) is 0 Å². The summed E-state index contributed by atoms with van der Waals surface area (Å²) in [5.74, 6) is -0.453. The van der Waals surface area contributed by atoms with Gasteiger partial charge in [-0.15, -0.1) is 0 Å². The first kappa shape index (κ1) is 18.6. The van der Waals surface area contributed by atoms with Crippen molar-refractivity contribution in [2.24, 2.45) is 0 Å². The SMILES string of the molecule is CN1C2=C(SC1CCNC(=O)c1cccc(C(F)(F)F)c1)C(=O)CC=C2. The number of carbonyl (C=O) groups is 2. The molecule has 1 aliphatic carbocycles. The van der Waals surface area contributed by atoms with Crippen LogP contribution in [0.15, 0.2) is 47.0 Å². The molecule has 0 saturated heterocycles. The number of carbonyl (C=O) groups excluding carboxylic acids is 2. The summed E-state index contributed by atoms with van der Waals surface area (Å²) in [6.45, 7) is 0.301. The summed E-state index contributed by atoms with van der Waals surface area (Å²) >= 11 is 1.47. The zero-order chi connectivity index (χ0) is 18.9. The monoisotopic (exact) mass is 382 g/mol. The Morgan fingerprint density at radius 1 is 1.38 bits per heavy atom. The number of likely N-dealkylation sites (N-methyl/N-ethyl adjacent to an activating group) is 1. The lowest BCUT2D eigenvalue weighted by Gasteiger charge is -2.23. The van der Waals surface area contributed by atoms with Gasteiger partial charge in [0.25, 0.3) is 5.91 Å². The Kier molecular flexibility index (Phi) is 5.13. The van der Waals surface area contributed by atoms with E-state index in [-0.39, 0.29) is 16.7 Å². The second kappa shape index (κ2) is 7.19. The predicted octanol–water partition coefficient (Wildman–Crippen LogP) is 3.57. The van der Waals surface area contributed by atoms with Gasteiger partial charge in [0.05, 0.1) is 21.5 Å². The third kappa shape index (κ3) is 3.80. The molecule has 1 atom stereocenters. The van der Waals surface area contributed by atoms with Crippen LogP contribution in [0.4, 0.5) is 13.2 Å². The van der Waals surface area contributed by atoms with E-state index in [0.29, 0.717) is 19.4 Å². The topological polar surface area (TPSA) is 49.4 Å². The van der Waals surface area contributed by atoms with Crippen molar-refractivity contribution in [3.63, 3.8) is 0 Å². The molecule has 0 aromatic heterocycles. The van der Waals surface area contributed by atoms with Crippen LogP contribution in [0, 0.1) is 0 Å². The Morgan fingerprint density at radius 2 is 2.15 bits per heavy atom. The number of rotatable bonds is 4. The molecule has 1 heterocycles. The highest BCUT2D eigenvalue weighted by molar-refractivity contribution is 8.04. The standard InChI is InChI=1S/C18H17F3N2O2S/c1-23-13-6-3-7-14(24)16(13)26-15(23)8-9-22-17(25)11-4-2-5-12(10-11)18(19,20)21/h2-6,10,15H,7-9H2,1H3,(H,22,25). The Labute approximate surface area is 153 Å². The van der Waals surface area contributed by atoms with Crippen molar-refractivity contribution in [2.75, 3.05) is 13.6 Å². The minimum absolute atomic E-state index is 0.00788. The van der Waals surface area contributed by atoms with Crippen molar-refractivity contribution in [1.29, 1.82) is 0 Å². The number of Topliss-reactive ketones (excluding diaryl/α,β-unsaturated/α-hetero) is 1. The van der Waals surface area contributed by atoms with Gasteiger partial charge in [-0.25, -0.2) is 0 Å². The third-order valence-corrected chi connectivity index (χ3v) is 5.76. The van der Waals surface area contributed by atoms with Crippen molar-refractivity contribution in [3.05, 3.63) is 58.1 Å². The summed E-state index contributed by atoms with van der Waals surface area (Å²) in [6.07, 6.45) is 0.240. The predicted molar refractivity (Wildman–Crippen MR) is 93.3 cm³/mol. The summed E-state index contributed by atoms with van der Waals surface area (Å²) in [5.41, 5.74) is 0.0154. The first-order valence-electron chi connectivity index (χ1n) is 8.06. The van der Waals surface area contributed by atoms with Gasteiger partial charge >= 0.3 is 6.18 Å². The van der Waals surface area contributed by atoms with Gasteiger partial charge in [-0.05, 0) is 30.7 Å². The van der Waals surface area contributed by atoms with Crippen molar-refractivity contribution < 1.29 is 22.8 Å². The van der Waals surface area contributed by atoms with E-state index in [1.165, 1.54) is 23.9 Å². The van der Waals surface area contributed by atoms with Crippen LogP contribution in [0.3, 0.4) is 0 Å². The van der Waals surface area contributed by atoms with E-state index < -0.39 is 17.6 Å². The summed E-state index contributed by atoms with van der Waals surface area (Å²) in [7, 11) is 1.89. The van der Waals surface area contributed by atoms with Crippen LogP contribution < -0.4 is 5.32 Å². The molecular weight excluding hydrogens is 365 g/mol. The number of hydrogen-bond donors (Lipinski definition) is 1. The number of nitrogens with zero attached hydrogens (tertiary/aromatic N) is 1. The molecule has 26 heavy (non-hydrogen) atoms. The summed E-state index contributed by atoms with van der Waals surface area (Å²) in [4.78, 5) is 26.8. The van der Waals surface area contributed by atoms with Crippen molar-refractivity contribution in [1.82, 2.24) is 10.2 Å². The van der Waals surface area contributed by atoms with Gasteiger partial charge in [-0.1, -0.05) is 23.9 Å². The number of amides is 1. The molecule has 1 N–H and O–H groups in total. The maximum atomic E-state index is 12.7. The third-order valence-electron chi connectivity index (χ3n) is 4.26. The molecule has 2 aliphatic rings. The van der Waals surface area contributed by atoms with Crippen molar-refractivity contribution in [3.8, 4) is 0 Å². The molecule has 0 bridgehead atoms. The largest absolute Gasteiger partial charge is 0.416 e. The fraction of sp³-hybridized carbons (Fsp3) is 0.333. The number of halogens is 3. The molecule has 4 nitrogen and oxygen atoms in total. The molecule has 0 spiro atoms. The quantitative estimate of drug-likeness (QED) is 0.865. The minimum Gasteiger partial charge on any atom is -0.361 e. The van der Waals surface area contributed by atoms with Crippen LogP contribution in [0.25, 0.3) is 0 Å². The van der Waals surface area contributed by atoms with Crippen LogP contribution in [0.5, 0.6) is 0 Å². The molecule has 1 aromatic carbocycles. The van der Waals surface area contributed by atoms with Gasteiger partial charge < -0.3 is 10.2 Å². The normalized spacial score (nSPS) is 19.8. The molecule has 138 valence electrons. The molecular formula is C18H17F3N2O2S. The second-order valence-electron chi connectivity index (χ2n) is 6.05. The number of allylic oxidation sites excluding steroid dienone is 3. The second-order valence-corrected chi connectivity index (χ2v) is 7.24. The highest BCUT2D eigenvalue weighted by atomic mass is 32.2. The van der Waals surface area contributed by atoms with Gasteiger partial charge in [-0.2, -0.15) is 13.2 Å². The first-order valence-corrected chi connectivity index (χ1v) is 8.94. The Bertz CT molecular complexity index is 802. The minimum atomic E-state index is -4.48. The number of nitrogens with one attached hydrogen (secondary N) is 1. The molecule has 0 fully saturated rings. The highest BCUT2D eigenvalue weighted by Gasteiger charge is 2.33. The van der Waals surface area contributed by atoms with Crippen LogP contribution in [-0.4, -0.2) is 35.6 Å². The van der Waals surface area contributed by atoms with Crippen LogP contribution in [0.1, 0.15) is 28.8 Å². The summed E-state index contributed by atoms with van der Waals surface area (Å²) in [6, 6.07) is 4.34. The number of ketones is 1. The lowest BCUT2D eigenvalue weighted by atomic mass is 10.1. The van der Waals surface area contributed by atoms with E-state index >= 15 is 0 Å². The molecule has 1 aliphatic heterocycles. The fourth-order valence-corrected chi connectivity index (χ4v) is 4.19. The van der Waals surface area contributed by atoms with Gasteiger partial charge in [0.15, 0.2) is 5.78 Å². The lowest BCUT2D eigenvalue weighted by molar-refractivity contribution is -0.137. The van der Waals surface area contributed by atoms with E-state index in [0.717, 1.165) is 22.7 Å². The molecule has 0 radical (unpaired) electrons. The number of thioether (sulfide) groups is 1. The molecule has 0 saturated carbocycles. The maximum absolute atomic E-state index is 12.7. The van der Waals surface area contributed by atoms with E-state index in [1.54, 1.807) is 0 Å². The van der Waals surface area contributed by atoms with E-state index in [2.05, 4.69) is 5.32 Å². The Morgan fingerprint density at radius 3 is 2.85 bits per heavy atom.